The summed E-state index contributed by atoms with van der Waals surface area (Å²) in [5.41, 5.74) is 5.03. The maximum Gasteiger partial charge on any atom is 0.323 e. The molecule has 0 bridgehead atoms. The first kappa shape index (κ1) is 11.3. The number of aliphatic carboxylic acids is 1. The third kappa shape index (κ3) is 3.65. The van der Waals surface area contributed by atoms with Gasteiger partial charge in [-0.05, 0) is 6.92 Å². The van der Waals surface area contributed by atoms with Crippen molar-refractivity contribution < 1.29 is 18.3 Å². The number of rotatable bonds is 5. The second-order valence-corrected chi connectivity index (χ2v) is 4.19. The van der Waals surface area contributed by atoms with Gasteiger partial charge in [-0.1, -0.05) is 0 Å². The van der Waals surface area contributed by atoms with E-state index in [-0.39, 0.29) is 12.3 Å². The molecular formula is C5H12N2O4S. The van der Waals surface area contributed by atoms with Crippen LogP contribution in [0.5, 0.6) is 0 Å². The summed E-state index contributed by atoms with van der Waals surface area (Å²) in [5.74, 6) is -1.42. The van der Waals surface area contributed by atoms with Crippen LogP contribution in [-0.4, -0.2) is 37.8 Å². The van der Waals surface area contributed by atoms with Gasteiger partial charge in [-0.3, -0.25) is 4.79 Å². The molecule has 0 radical (unpaired) electrons. The Morgan fingerprint density at radius 2 is 2.17 bits per heavy atom. The van der Waals surface area contributed by atoms with E-state index < -0.39 is 22.0 Å². The second-order valence-electron chi connectivity index (χ2n) is 2.15. The van der Waals surface area contributed by atoms with Crippen molar-refractivity contribution in [2.75, 3.05) is 12.3 Å². The highest BCUT2D eigenvalue weighted by atomic mass is 32.2. The zero-order valence-corrected chi connectivity index (χ0v) is 7.47. The fraction of sp³-hybridized carbons (Fsp3) is 0.800. The molecule has 0 aliphatic heterocycles. The predicted molar refractivity (Wildman–Crippen MR) is 43.1 cm³/mol. The molecule has 72 valence electrons. The van der Waals surface area contributed by atoms with Crippen molar-refractivity contribution >= 4 is 16.0 Å². The molecule has 12 heavy (non-hydrogen) atoms. The Labute approximate surface area is 70.8 Å². The summed E-state index contributed by atoms with van der Waals surface area (Å²) in [6.45, 7) is 1.16. The molecule has 0 saturated carbocycles. The van der Waals surface area contributed by atoms with E-state index in [0.717, 1.165) is 0 Å². The van der Waals surface area contributed by atoms with Gasteiger partial charge < -0.3 is 10.8 Å². The first-order chi connectivity index (χ1) is 5.43. The van der Waals surface area contributed by atoms with Crippen LogP contribution in [-0.2, 0) is 14.8 Å². The molecule has 0 rings (SSSR count). The first-order valence-electron chi connectivity index (χ1n) is 3.35. The highest BCUT2D eigenvalue weighted by Crippen LogP contribution is 1.88. The number of sulfonamides is 1. The number of hydrogen-bond donors (Lipinski definition) is 3. The van der Waals surface area contributed by atoms with E-state index in [1.807, 2.05) is 4.72 Å². The molecule has 0 aromatic heterocycles. The largest absolute Gasteiger partial charge is 0.480 e. The summed E-state index contributed by atoms with van der Waals surface area (Å²) in [5, 5.41) is 8.43. The van der Waals surface area contributed by atoms with Gasteiger partial charge in [0.2, 0.25) is 10.0 Å². The minimum absolute atomic E-state index is 0.156. The minimum atomic E-state index is -3.49. The average molecular weight is 196 g/mol. The normalized spacial score (nSPS) is 14.2. The predicted octanol–water partition coefficient (Wildman–Crippen LogP) is -1.66. The van der Waals surface area contributed by atoms with Crippen LogP contribution >= 0.6 is 0 Å². The fourth-order valence-electron chi connectivity index (χ4n) is 0.499. The molecule has 6 nitrogen and oxygen atoms in total. The van der Waals surface area contributed by atoms with Gasteiger partial charge in [0.25, 0.3) is 0 Å². The molecule has 0 aliphatic rings. The maximum absolute atomic E-state index is 10.8. The number of carboxylic acid groups (broad SMARTS) is 1. The van der Waals surface area contributed by atoms with Crippen molar-refractivity contribution in [3.05, 3.63) is 0 Å². The molecular weight excluding hydrogens is 184 g/mol. The fourth-order valence-corrected chi connectivity index (χ4v) is 1.30. The topological polar surface area (TPSA) is 109 Å². The van der Waals surface area contributed by atoms with Crippen molar-refractivity contribution in [1.82, 2.24) is 4.72 Å². The lowest BCUT2D eigenvalue weighted by Gasteiger charge is -2.10. The van der Waals surface area contributed by atoms with Crippen molar-refractivity contribution in [3.63, 3.8) is 0 Å². The lowest BCUT2D eigenvalue weighted by molar-refractivity contribution is -0.138. The van der Waals surface area contributed by atoms with Gasteiger partial charge in [0, 0.05) is 6.54 Å². The molecule has 4 N–H and O–H groups in total. The first-order valence-corrected chi connectivity index (χ1v) is 5.01. The van der Waals surface area contributed by atoms with Gasteiger partial charge >= 0.3 is 5.97 Å². The third-order valence-corrected chi connectivity index (χ3v) is 2.64. The van der Waals surface area contributed by atoms with E-state index in [9.17, 15) is 13.2 Å². The number of hydrogen-bond acceptors (Lipinski definition) is 4. The van der Waals surface area contributed by atoms with E-state index in [4.69, 9.17) is 10.8 Å². The van der Waals surface area contributed by atoms with Gasteiger partial charge in [-0.2, -0.15) is 4.72 Å². The zero-order valence-electron chi connectivity index (χ0n) is 6.65. The Morgan fingerprint density at radius 3 is 2.42 bits per heavy atom. The Morgan fingerprint density at radius 1 is 1.67 bits per heavy atom. The summed E-state index contributed by atoms with van der Waals surface area (Å²) in [6.07, 6.45) is 0. The second kappa shape index (κ2) is 4.39. The van der Waals surface area contributed by atoms with Crippen LogP contribution in [0.1, 0.15) is 6.92 Å². The molecule has 1 atom stereocenters. The number of nitrogens with one attached hydrogen (secondary N) is 1. The van der Waals surface area contributed by atoms with Gasteiger partial charge in [0.1, 0.15) is 6.04 Å². The number of carbonyl (C=O) groups is 1. The van der Waals surface area contributed by atoms with E-state index in [0.29, 0.717) is 0 Å². The lowest BCUT2D eigenvalue weighted by atomic mass is 10.3. The maximum atomic E-state index is 10.8. The lowest BCUT2D eigenvalue weighted by Crippen LogP contribution is -2.46. The highest BCUT2D eigenvalue weighted by Gasteiger charge is 2.20. The highest BCUT2D eigenvalue weighted by molar-refractivity contribution is 7.89. The van der Waals surface area contributed by atoms with Crippen molar-refractivity contribution in [1.29, 1.82) is 0 Å². The van der Waals surface area contributed by atoms with E-state index in [1.165, 1.54) is 6.92 Å². The minimum Gasteiger partial charge on any atom is -0.480 e. The van der Waals surface area contributed by atoms with Gasteiger partial charge in [0.15, 0.2) is 0 Å². The molecule has 0 spiro atoms. The van der Waals surface area contributed by atoms with E-state index in [1.54, 1.807) is 0 Å². The van der Waals surface area contributed by atoms with Crippen molar-refractivity contribution in [3.8, 4) is 0 Å². The zero-order chi connectivity index (χ0) is 9.78. The molecule has 1 unspecified atom stereocenters. The molecule has 0 heterocycles. The average Bonchev–Trinajstić information content (AvgIpc) is 2.00. The van der Waals surface area contributed by atoms with E-state index in [2.05, 4.69) is 0 Å². The Bertz CT molecular complexity index is 248. The van der Waals surface area contributed by atoms with Crippen LogP contribution in [0.25, 0.3) is 0 Å². The third-order valence-electron chi connectivity index (χ3n) is 1.24. The summed E-state index contributed by atoms with van der Waals surface area (Å²) < 4.78 is 23.6. The SMILES string of the molecule is CCS(=O)(=O)NC(CN)C(=O)O. The summed E-state index contributed by atoms with van der Waals surface area (Å²) in [4.78, 5) is 10.3. The molecule has 0 amide bonds. The van der Waals surface area contributed by atoms with Gasteiger partial charge in [-0.15, -0.1) is 0 Å². The van der Waals surface area contributed by atoms with Crippen LogP contribution in [0, 0.1) is 0 Å². The Kier molecular flexibility index (Phi) is 4.15. The standard InChI is InChI=1S/C5H12N2O4S/c1-2-12(10,11)7-4(3-6)5(8)9/h4,7H,2-3,6H2,1H3,(H,8,9). The summed E-state index contributed by atoms with van der Waals surface area (Å²) in [6, 6.07) is -1.23. The number of nitrogens with two attached hydrogens (primary N) is 1. The van der Waals surface area contributed by atoms with Gasteiger partial charge in [0.05, 0.1) is 5.75 Å². The van der Waals surface area contributed by atoms with Crippen LogP contribution in [0.15, 0.2) is 0 Å². The summed E-state index contributed by atoms with van der Waals surface area (Å²) in [7, 11) is -3.49. The molecule has 0 aliphatic carbocycles. The van der Waals surface area contributed by atoms with Crippen molar-refractivity contribution in [2.24, 2.45) is 5.73 Å². The van der Waals surface area contributed by atoms with Crippen LogP contribution in [0.3, 0.4) is 0 Å². The van der Waals surface area contributed by atoms with Crippen LogP contribution in [0.2, 0.25) is 0 Å². The monoisotopic (exact) mass is 196 g/mol. The molecule has 0 saturated heterocycles. The number of carboxylic acids is 1. The molecule has 0 aromatic carbocycles. The molecule has 0 fully saturated rings. The smallest absolute Gasteiger partial charge is 0.323 e. The Balaban J connectivity index is 4.32. The van der Waals surface area contributed by atoms with Crippen LogP contribution < -0.4 is 10.5 Å². The molecule has 0 aromatic rings. The van der Waals surface area contributed by atoms with Crippen LogP contribution in [0.4, 0.5) is 0 Å². The Hall–Kier alpha value is -0.660. The molecule has 7 heteroatoms. The quantitative estimate of drug-likeness (QED) is 0.487. The van der Waals surface area contributed by atoms with Crippen molar-refractivity contribution in [2.45, 2.75) is 13.0 Å². The summed E-state index contributed by atoms with van der Waals surface area (Å²) >= 11 is 0. The van der Waals surface area contributed by atoms with Gasteiger partial charge in [-0.25, -0.2) is 8.42 Å². The van der Waals surface area contributed by atoms with E-state index >= 15 is 0 Å².